The number of hydrogen-bond donors (Lipinski definition) is 1. The van der Waals surface area contributed by atoms with Crippen LogP contribution in [0.15, 0.2) is 66.7 Å². The van der Waals surface area contributed by atoms with Crippen molar-refractivity contribution in [3.63, 3.8) is 0 Å². The van der Waals surface area contributed by atoms with E-state index in [0.29, 0.717) is 5.92 Å². The molecule has 1 aliphatic carbocycles. The number of unbranched alkanes of at least 4 members (excludes halogenated alkanes) is 1. The van der Waals surface area contributed by atoms with Gasteiger partial charge in [-0.05, 0) is 91.2 Å². The lowest BCUT2D eigenvalue weighted by molar-refractivity contribution is 0.0952. The van der Waals surface area contributed by atoms with Crippen molar-refractivity contribution in [3.05, 3.63) is 82.9 Å². The van der Waals surface area contributed by atoms with Gasteiger partial charge in [-0.2, -0.15) is 0 Å². The normalized spacial score (nSPS) is 17.1. The first-order chi connectivity index (χ1) is 15.6. The molecule has 1 fully saturated rings. The molecule has 4 rings (SSSR count). The van der Waals surface area contributed by atoms with Gasteiger partial charge >= 0.3 is 0 Å². The lowest BCUT2D eigenvalue weighted by Gasteiger charge is -2.22. The average Bonchev–Trinajstić information content (AvgIpc) is 3.58. The highest BCUT2D eigenvalue weighted by atomic mass is 35.5. The molecule has 0 spiro atoms. The van der Waals surface area contributed by atoms with Crippen LogP contribution >= 0.6 is 24.0 Å². The third kappa shape index (κ3) is 7.20. The van der Waals surface area contributed by atoms with E-state index in [9.17, 15) is 4.79 Å². The molecule has 1 saturated carbocycles. The third-order valence-electron chi connectivity index (χ3n) is 6.45. The van der Waals surface area contributed by atoms with Crippen molar-refractivity contribution in [2.45, 2.75) is 38.5 Å². The largest absolute Gasteiger partial charge is 0.352 e. The lowest BCUT2D eigenvalue weighted by Crippen LogP contribution is -2.29. The zero-order valence-corrected chi connectivity index (χ0v) is 20.9. The summed E-state index contributed by atoms with van der Waals surface area (Å²) in [7, 11) is 0. The Bertz CT molecular complexity index is 1040. The van der Waals surface area contributed by atoms with Crippen LogP contribution in [0.25, 0.3) is 10.8 Å². The van der Waals surface area contributed by atoms with E-state index in [1.54, 1.807) is 0 Å². The molecule has 2 atom stereocenters. The number of benzene rings is 3. The fourth-order valence-electron chi connectivity index (χ4n) is 4.60. The Morgan fingerprint density at radius 1 is 1.00 bits per heavy atom. The summed E-state index contributed by atoms with van der Waals surface area (Å²) >= 11 is 6.02. The maximum Gasteiger partial charge on any atom is 0.251 e. The second-order valence-corrected chi connectivity index (χ2v) is 9.42. The second-order valence-electron chi connectivity index (χ2n) is 8.98. The van der Waals surface area contributed by atoms with Gasteiger partial charge in [-0.15, -0.1) is 12.4 Å². The van der Waals surface area contributed by atoms with Crippen molar-refractivity contribution in [3.8, 4) is 0 Å². The summed E-state index contributed by atoms with van der Waals surface area (Å²) in [5.74, 6) is 1.47. The smallest absolute Gasteiger partial charge is 0.251 e. The maximum atomic E-state index is 12.5. The number of halogens is 2. The SMILES string of the molecule is CCCN(CCCCNC(=O)c1ccc2ccccc2c1)CC1CC1c1ccc(Cl)cc1.Cl. The maximum absolute atomic E-state index is 12.5. The van der Waals surface area contributed by atoms with Gasteiger partial charge in [0.1, 0.15) is 0 Å². The molecular weight excluding hydrogens is 451 g/mol. The van der Waals surface area contributed by atoms with Crippen molar-refractivity contribution in [1.29, 1.82) is 0 Å². The monoisotopic (exact) mass is 484 g/mol. The number of carbonyl (C=O) groups is 1. The van der Waals surface area contributed by atoms with Crippen LogP contribution in [0.5, 0.6) is 0 Å². The summed E-state index contributed by atoms with van der Waals surface area (Å²) in [6, 6.07) is 22.4. The number of rotatable bonds is 11. The predicted octanol–water partition coefficient (Wildman–Crippen LogP) is 6.94. The van der Waals surface area contributed by atoms with E-state index in [2.05, 4.69) is 35.3 Å². The van der Waals surface area contributed by atoms with Gasteiger partial charge in [-0.25, -0.2) is 0 Å². The van der Waals surface area contributed by atoms with Crippen molar-refractivity contribution in [2.75, 3.05) is 26.2 Å². The molecule has 1 aliphatic rings. The molecule has 0 bridgehead atoms. The summed E-state index contributed by atoms with van der Waals surface area (Å²) in [4.78, 5) is 15.1. The molecule has 3 nitrogen and oxygen atoms in total. The van der Waals surface area contributed by atoms with Crippen LogP contribution in [0, 0.1) is 5.92 Å². The van der Waals surface area contributed by atoms with E-state index >= 15 is 0 Å². The zero-order valence-electron chi connectivity index (χ0n) is 19.3. The molecule has 0 heterocycles. The molecule has 33 heavy (non-hydrogen) atoms. The number of hydrogen-bond acceptors (Lipinski definition) is 2. The number of amides is 1. The number of fused-ring (bicyclic) bond motifs is 1. The summed E-state index contributed by atoms with van der Waals surface area (Å²) in [5, 5.41) is 6.16. The summed E-state index contributed by atoms with van der Waals surface area (Å²) in [5.41, 5.74) is 2.16. The molecule has 3 aromatic rings. The summed E-state index contributed by atoms with van der Waals surface area (Å²) in [6.07, 6.45) is 4.57. The molecule has 0 aromatic heterocycles. The van der Waals surface area contributed by atoms with Crippen molar-refractivity contribution < 1.29 is 4.79 Å². The molecule has 0 saturated heterocycles. The highest BCUT2D eigenvalue weighted by Gasteiger charge is 2.38. The van der Waals surface area contributed by atoms with Crippen LogP contribution in [-0.2, 0) is 0 Å². The van der Waals surface area contributed by atoms with Crippen molar-refractivity contribution >= 4 is 40.7 Å². The fourth-order valence-corrected chi connectivity index (χ4v) is 4.73. The standard InChI is InChI=1S/C28H33ClN2O.ClH/c1-2-16-31(20-25-19-27(25)22-11-13-26(29)14-12-22)17-6-5-15-30-28(32)24-10-9-21-7-3-4-8-23(21)18-24;/h3-4,7-14,18,25,27H,2,5-6,15-17,19-20H2,1H3,(H,30,32);1H. The Labute approximate surface area is 208 Å². The van der Waals surface area contributed by atoms with E-state index in [1.165, 1.54) is 24.9 Å². The summed E-state index contributed by atoms with van der Waals surface area (Å²) in [6.45, 7) is 6.39. The van der Waals surface area contributed by atoms with Crippen LogP contribution in [-0.4, -0.2) is 37.0 Å². The second kappa shape index (κ2) is 12.4. The highest BCUT2D eigenvalue weighted by molar-refractivity contribution is 6.30. The third-order valence-corrected chi connectivity index (χ3v) is 6.70. The van der Waals surface area contributed by atoms with Crippen LogP contribution in [0.2, 0.25) is 5.02 Å². The first kappa shape index (κ1) is 25.6. The van der Waals surface area contributed by atoms with Gasteiger partial charge in [0.25, 0.3) is 5.91 Å². The number of carbonyl (C=O) groups excluding carboxylic acids is 1. The van der Waals surface area contributed by atoms with Crippen molar-refractivity contribution in [1.82, 2.24) is 10.2 Å². The van der Waals surface area contributed by atoms with E-state index in [1.807, 2.05) is 48.5 Å². The van der Waals surface area contributed by atoms with Gasteiger partial charge < -0.3 is 10.2 Å². The Hall–Kier alpha value is -2.07. The number of nitrogens with zero attached hydrogens (tertiary/aromatic N) is 1. The van der Waals surface area contributed by atoms with Crippen LogP contribution in [0.1, 0.15) is 54.4 Å². The Kier molecular flexibility index (Phi) is 9.61. The minimum absolute atomic E-state index is 0. The predicted molar refractivity (Wildman–Crippen MR) is 142 cm³/mol. The average molecular weight is 485 g/mol. The van der Waals surface area contributed by atoms with Gasteiger partial charge in [0.2, 0.25) is 0 Å². The van der Waals surface area contributed by atoms with E-state index in [4.69, 9.17) is 11.6 Å². The van der Waals surface area contributed by atoms with E-state index in [0.717, 1.165) is 59.8 Å². The topological polar surface area (TPSA) is 32.3 Å². The van der Waals surface area contributed by atoms with Crippen LogP contribution in [0.3, 0.4) is 0 Å². The zero-order chi connectivity index (χ0) is 22.3. The van der Waals surface area contributed by atoms with Gasteiger partial charge in [0.05, 0.1) is 0 Å². The van der Waals surface area contributed by atoms with Crippen LogP contribution < -0.4 is 5.32 Å². The van der Waals surface area contributed by atoms with Gasteiger partial charge in [-0.1, -0.05) is 61.0 Å². The van der Waals surface area contributed by atoms with Crippen molar-refractivity contribution in [2.24, 2.45) is 5.92 Å². The first-order valence-corrected chi connectivity index (χ1v) is 12.3. The molecule has 2 unspecified atom stereocenters. The van der Waals surface area contributed by atoms with Gasteiger partial charge in [0.15, 0.2) is 0 Å². The Balaban J connectivity index is 0.00000306. The van der Waals surface area contributed by atoms with Crippen LogP contribution in [0.4, 0.5) is 0 Å². The number of nitrogens with one attached hydrogen (secondary N) is 1. The molecular formula is C28H34Cl2N2O. The Morgan fingerprint density at radius 3 is 2.52 bits per heavy atom. The minimum atomic E-state index is 0. The molecule has 3 aromatic carbocycles. The molecule has 1 amide bonds. The first-order valence-electron chi connectivity index (χ1n) is 11.9. The highest BCUT2D eigenvalue weighted by Crippen LogP contribution is 2.48. The minimum Gasteiger partial charge on any atom is -0.352 e. The van der Waals surface area contributed by atoms with E-state index in [-0.39, 0.29) is 18.3 Å². The van der Waals surface area contributed by atoms with Gasteiger partial charge in [-0.3, -0.25) is 4.79 Å². The molecule has 5 heteroatoms. The summed E-state index contributed by atoms with van der Waals surface area (Å²) < 4.78 is 0. The lowest BCUT2D eigenvalue weighted by atomic mass is 10.1. The quantitative estimate of drug-likeness (QED) is 0.299. The fraction of sp³-hybridized carbons (Fsp3) is 0.393. The molecule has 0 radical (unpaired) electrons. The molecule has 0 aliphatic heterocycles. The van der Waals surface area contributed by atoms with Gasteiger partial charge in [0, 0.05) is 23.7 Å². The van der Waals surface area contributed by atoms with E-state index < -0.39 is 0 Å². The Morgan fingerprint density at radius 2 is 1.76 bits per heavy atom. The molecule has 176 valence electrons. The molecule has 1 N–H and O–H groups in total.